The summed E-state index contributed by atoms with van der Waals surface area (Å²) in [5.41, 5.74) is 3.80. The van der Waals surface area contributed by atoms with Gasteiger partial charge in [-0.2, -0.15) is 0 Å². The van der Waals surface area contributed by atoms with E-state index in [0.29, 0.717) is 28.6 Å². The van der Waals surface area contributed by atoms with Gasteiger partial charge in [0.15, 0.2) is 0 Å². The van der Waals surface area contributed by atoms with Crippen molar-refractivity contribution in [2.75, 3.05) is 0 Å². The molecule has 0 heterocycles. The Hall–Kier alpha value is -2.82. The fourth-order valence-corrected chi connectivity index (χ4v) is 5.51. The second-order valence-electron chi connectivity index (χ2n) is 9.97. The first-order valence-corrected chi connectivity index (χ1v) is 13.8. The number of amides is 2. The molecule has 4 nitrogen and oxygen atoms in total. The number of carbonyl (C=O) groups excluding carboxylic acids is 2. The van der Waals surface area contributed by atoms with Gasteiger partial charge in [0.25, 0.3) is 0 Å². The molecule has 0 radical (unpaired) electrons. The summed E-state index contributed by atoms with van der Waals surface area (Å²) in [4.78, 5) is 29.5. The van der Waals surface area contributed by atoms with Gasteiger partial charge in [-0.3, -0.25) is 9.59 Å². The first-order chi connectivity index (χ1) is 17.9. The summed E-state index contributed by atoms with van der Waals surface area (Å²) in [6.45, 7) is 2.36. The standard InChI is InChI=1S/C31H34Cl2N2O2/c1-22-9-8-12-24(17-22)21-35(30(36)19-25-15-16-26(32)20-28(25)33)29(18-23-10-4-2-5-11-23)31(37)34-27-13-6-3-7-14-27/h2,4-5,8-12,15-17,20,27,29H,3,6-7,13-14,18-19,21H2,1H3,(H,34,37). The van der Waals surface area contributed by atoms with Gasteiger partial charge in [0, 0.05) is 29.1 Å². The van der Waals surface area contributed by atoms with E-state index < -0.39 is 6.04 Å². The van der Waals surface area contributed by atoms with Crippen molar-refractivity contribution >= 4 is 35.0 Å². The van der Waals surface area contributed by atoms with Crippen LogP contribution in [0.25, 0.3) is 0 Å². The minimum atomic E-state index is -0.650. The summed E-state index contributed by atoms with van der Waals surface area (Å²) >= 11 is 12.5. The second kappa shape index (κ2) is 13.1. The minimum absolute atomic E-state index is 0.0871. The van der Waals surface area contributed by atoms with Crippen LogP contribution in [0.2, 0.25) is 10.0 Å². The monoisotopic (exact) mass is 536 g/mol. The number of halogens is 2. The first-order valence-electron chi connectivity index (χ1n) is 13.0. The van der Waals surface area contributed by atoms with Crippen LogP contribution in [-0.2, 0) is 29.0 Å². The Balaban J connectivity index is 1.67. The van der Waals surface area contributed by atoms with Crippen LogP contribution >= 0.6 is 23.2 Å². The van der Waals surface area contributed by atoms with E-state index in [1.807, 2.05) is 55.5 Å². The molecule has 0 aliphatic heterocycles. The van der Waals surface area contributed by atoms with Crippen molar-refractivity contribution < 1.29 is 9.59 Å². The predicted octanol–water partition coefficient (Wildman–Crippen LogP) is 6.93. The quantitative estimate of drug-likeness (QED) is 0.322. The molecule has 194 valence electrons. The topological polar surface area (TPSA) is 49.4 Å². The third-order valence-electron chi connectivity index (χ3n) is 7.01. The van der Waals surface area contributed by atoms with Gasteiger partial charge in [-0.1, -0.05) is 109 Å². The van der Waals surface area contributed by atoms with Gasteiger partial charge in [0.1, 0.15) is 6.04 Å². The lowest BCUT2D eigenvalue weighted by atomic mass is 9.94. The maximum absolute atomic E-state index is 13.9. The van der Waals surface area contributed by atoms with Gasteiger partial charge in [-0.05, 0) is 48.6 Å². The molecule has 1 saturated carbocycles. The molecule has 3 aromatic rings. The number of rotatable bonds is 9. The zero-order valence-electron chi connectivity index (χ0n) is 21.3. The van der Waals surface area contributed by atoms with Gasteiger partial charge in [-0.15, -0.1) is 0 Å². The third-order valence-corrected chi connectivity index (χ3v) is 7.60. The van der Waals surface area contributed by atoms with Crippen LogP contribution < -0.4 is 5.32 Å². The van der Waals surface area contributed by atoms with Gasteiger partial charge in [0.05, 0.1) is 6.42 Å². The van der Waals surface area contributed by atoms with E-state index in [4.69, 9.17) is 23.2 Å². The molecular weight excluding hydrogens is 503 g/mol. The van der Waals surface area contributed by atoms with E-state index in [9.17, 15) is 9.59 Å². The molecule has 0 spiro atoms. The summed E-state index contributed by atoms with van der Waals surface area (Å²) in [5.74, 6) is -0.246. The number of nitrogens with one attached hydrogen (secondary N) is 1. The molecule has 37 heavy (non-hydrogen) atoms. The Labute approximate surface area is 230 Å². The van der Waals surface area contributed by atoms with Gasteiger partial charge >= 0.3 is 0 Å². The van der Waals surface area contributed by atoms with E-state index >= 15 is 0 Å². The molecule has 3 aromatic carbocycles. The Bertz CT molecular complexity index is 1210. The molecule has 1 fully saturated rings. The predicted molar refractivity (Wildman–Crippen MR) is 151 cm³/mol. The zero-order chi connectivity index (χ0) is 26.2. The molecule has 4 rings (SSSR count). The molecule has 1 aliphatic rings. The second-order valence-corrected chi connectivity index (χ2v) is 10.8. The average Bonchev–Trinajstić information content (AvgIpc) is 2.89. The van der Waals surface area contributed by atoms with Crippen molar-refractivity contribution in [2.24, 2.45) is 0 Å². The van der Waals surface area contributed by atoms with Crippen LogP contribution in [0.4, 0.5) is 0 Å². The van der Waals surface area contributed by atoms with Crippen molar-refractivity contribution in [3.05, 3.63) is 105 Å². The number of nitrogens with zero attached hydrogens (tertiary/aromatic N) is 1. The summed E-state index contributed by atoms with van der Waals surface area (Å²) < 4.78 is 0. The number of carbonyl (C=O) groups is 2. The van der Waals surface area contributed by atoms with E-state index in [0.717, 1.165) is 42.4 Å². The highest BCUT2D eigenvalue weighted by Crippen LogP contribution is 2.24. The van der Waals surface area contributed by atoms with Crippen molar-refractivity contribution in [1.82, 2.24) is 10.2 Å². The highest BCUT2D eigenvalue weighted by Gasteiger charge is 2.32. The van der Waals surface area contributed by atoms with Crippen LogP contribution in [0.3, 0.4) is 0 Å². The smallest absolute Gasteiger partial charge is 0.243 e. The van der Waals surface area contributed by atoms with Gasteiger partial charge in [0.2, 0.25) is 11.8 Å². The molecule has 1 N–H and O–H groups in total. The molecule has 1 unspecified atom stereocenters. The molecular formula is C31H34Cl2N2O2. The summed E-state index contributed by atoms with van der Waals surface area (Å²) in [6, 6.07) is 22.6. The van der Waals surface area contributed by atoms with E-state index in [1.165, 1.54) is 6.42 Å². The Kier molecular flexibility index (Phi) is 9.65. The molecule has 6 heteroatoms. The molecule has 1 atom stereocenters. The van der Waals surface area contributed by atoms with Crippen LogP contribution in [0.15, 0.2) is 72.8 Å². The van der Waals surface area contributed by atoms with Crippen molar-refractivity contribution in [3.63, 3.8) is 0 Å². The average molecular weight is 538 g/mol. The van der Waals surface area contributed by atoms with Gasteiger partial charge < -0.3 is 10.2 Å². The number of benzene rings is 3. The van der Waals surface area contributed by atoms with Crippen LogP contribution in [-0.4, -0.2) is 28.8 Å². The van der Waals surface area contributed by atoms with Gasteiger partial charge in [-0.25, -0.2) is 0 Å². The maximum Gasteiger partial charge on any atom is 0.243 e. The maximum atomic E-state index is 13.9. The fraction of sp³-hybridized carbons (Fsp3) is 0.355. The largest absolute Gasteiger partial charge is 0.352 e. The van der Waals surface area contributed by atoms with Crippen molar-refractivity contribution in [2.45, 2.75) is 70.5 Å². The highest BCUT2D eigenvalue weighted by molar-refractivity contribution is 6.35. The zero-order valence-corrected chi connectivity index (χ0v) is 22.8. The van der Waals surface area contributed by atoms with E-state index in [1.54, 1.807) is 23.1 Å². The Morgan fingerprint density at radius 1 is 0.919 bits per heavy atom. The SMILES string of the molecule is Cc1cccc(CN(C(=O)Cc2ccc(Cl)cc2Cl)C(Cc2ccccc2)C(=O)NC2CCCCC2)c1. The highest BCUT2D eigenvalue weighted by atomic mass is 35.5. The first kappa shape index (κ1) is 27.2. The Morgan fingerprint density at radius 3 is 2.35 bits per heavy atom. The number of aryl methyl sites for hydroxylation is 1. The van der Waals surface area contributed by atoms with Crippen molar-refractivity contribution in [1.29, 1.82) is 0 Å². The molecule has 1 aliphatic carbocycles. The number of hydrogen-bond acceptors (Lipinski definition) is 2. The third kappa shape index (κ3) is 7.83. The van der Waals surface area contributed by atoms with Crippen molar-refractivity contribution in [3.8, 4) is 0 Å². The molecule has 2 amide bonds. The van der Waals surface area contributed by atoms with Crippen LogP contribution in [0.5, 0.6) is 0 Å². The summed E-state index contributed by atoms with van der Waals surface area (Å²) in [7, 11) is 0. The Morgan fingerprint density at radius 2 is 1.65 bits per heavy atom. The minimum Gasteiger partial charge on any atom is -0.352 e. The van der Waals surface area contributed by atoms with E-state index in [-0.39, 0.29) is 24.3 Å². The molecule has 0 saturated heterocycles. The normalized spacial score (nSPS) is 14.7. The molecule has 0 aromatic heterocycles. The fourth-order valence-electron chi connectivity index (χ4n) is 5.03. The lowest BCUT2D eigenvalue weighted by molar-refractivity contribution is -0.141. The summed E-state index contributed by atoms with van der Waals surface area (Å²) in [6.07, 6.45) is 5.94. The van der Waals surface area contributed by atoms with Crippen LogP contribution in [0.1, 0.15) is 54.4 Å². The van der Waals surface area contributed by atoms with E-state index in [2.05, 4.69) is 11.4 Å². The molecule has 0 bridgehead atoms. The lowest BCUT2D eigenvalue weighted by Crippen LogP contribution is -2.53. The summed E-state index contributed by atoms with van der Waals surface area (Å²) in [5, 5.41) is 4.24. The number of hydrogen-bond donors (Lipinski definition) is 1. The van der Waals surface area contributed by atoms with Crippen LogP contribution in [0, 0.1) is 6.92 Å². The lowest BCUT2D eigenvalue weighted by Gasteiger charge is -2.33.